The maximum absolute atomic E-state index is 13.8. The Morgan fingerprint density at radius 3 is 2.64 bits per heavy atom. The topological polar surface area (TPSA) is 155 Å². The Bertz CT molecular complexity index is 2210. The van der Waals surface area contributed by atoms with Crippen molar-refractivity contribution >= 4 is 39.7 Å². The SMILES string of the molecule is CCCC(=O)N(Cc1ncc(-c2ccc3c(c2)COc2cc4c(ccc5nc([C@@H]6C[C@H](COC)CN6C(=O)[C@H](CC)NC(=O)OC)[nH]c54)cc2-3)[nH]1)[C@@H](C)CC. The number of carbonyl (C=O) groups is 3. The second-order valence-corrected chi connectivity index (χ2v) is 14.7. The molecule has 3 aromatic carbocycles. The normalized spacial score (nSPS) is 17.4. The number of imidazole rings is 2. The third-order valence-electron chi connectivity index (χ3n) is 11.1. The van der Waals surface area contributed by atoms with Crippen LogP contribution in [0.2, 0.25) is 0 Å². The van der Waals surface area contributed by atoms with Gasteiger partial charge < -0.3 is 39.3 Å². The monoisotopic (exact) mass is 749 g/mol. The molecule has 1 fully saturated rings. The third-order valence-corrected chi connectivity index (χ3v) is 11.1. The van der Waals surface area contributed by atoms with Gasteiger partial charge in [0, 0.05) is 43.0 Å². The number of likely N-dealkylation sites (tertiary alicyclic amines) is 1. The van der Waals surface area contributed by atoms with Gasteiger partial charge in [0.15, 0.2) is 0 Å². The molecule has 3 N–H and O–H groups in total. The number of hydrogen-bond acceptors (Lipinski definition) is 8. The minimum atomic E-state index is -0.714. The first-order chi connectivity index (χ1) is 26.7. The summed E-state index contributed by atoms with van der Waals surface area (Å²) in [4.78, 5) is 59.1. The van der Waals surface area contributed by atoms with Gasteiger partial charge in [-0.15, -0.1) is 0 Å². The van der Waals surface area contributed by atoms with E-state index in [1.807, 2.05) is 35.9 Å². The molecule has 290 valence electrons. The number of hydrogen-bond donors (Lipinski definition) is 3. The molecule has 0 bridgehead atoms. The third kappa shape index (κ3) is 7.49. The van der Waals surface area contributed by atoms with Crippen LogP contribution >= 0.6 is 0 Å². The van der Waals surface area contributed by atoms with Crippen molar-refractivity contribution in [2.75, 3.05) is 27.4 Å². The number of alkyl carbamates (subject to hydrolysis) is 1. The van der Waals surface area contributed by atoms with Gasteiger partial charge in [-0.2, -0.15) is 0 Å². The summed E-state index contributed by atoms with van der Waals surface area (Å²) in [6.07, 6.45) is 4.54. The van der Waals surface area contributed by atoms with Crippen molar-refractivity contribution in [2.24, 2.45) is 5.92 Å². The first-order valence-electron chi connectivity index (χ1n) is 19.4. The number of nitrogens with zero attached hydrogens (tertiary/aromatic N) is 4. The summed E-state index contributed by atoms with van der Waals surface area (Å²) in [5.74, 6) is 2.35. The van der Waals surface area contributed by atoms with Gasteiger partial charge in [0.1, 0.15) is 30.0 Å². The summed E-state index contributed by atoms with van der Waals surface area (Å²) < 4.78 is 16.7. The highest BCUT2D eigenvalue weighted by molar-refractivity contribution is 6.07. The maximum atomic E-state index is 13.8. The van der Waals surface area contributed by atoms with E-state index in [1.54, 1.807) is 7.11 Å². The molecule has 7 rings (SSSR count). The average Bonchev–Trinajstić information content (AvgIpc) is 3.96. The van der Waals surface area contributed by atoms with Crippen LogP contribution in [0.5, 0.6) is 5.75 Å². The zero-order chi connectivity index (χ0) is 38.8. The van der Waals surface area contributed by atoms with Crippen LogP contribution in [0.4, 0.5) is 4.79 Å². The van der Waals surface area contributed by atoms with Gasteiger partial charge in [0.25, 0.3) is 0 Å². The molecule has 3 amide bonds. The van der Waals surface area contributed by atoms with Crippen LogP contribution in [-0.4, -0.2) is 87.1 Å². The van der Waals surface area contributed by atoms with Gasteiger partial charge in [0.2, 0.25) is 11.8 Å². The number of fused-ring (bicyclic) bond motifs is 6. The molecule has 4 atom stereocenters. The molecule has 13 nitrogen and oxygen atoms in total. The maximum Gasteiger partial charge on any atom is 0.407 e. The van der Waals surface area contributed by atoms with E-state index in [9.17, 15) is 14.4 Å². The number of methoxy groups -OCH3 is 2. The number of rotatable bonds is 13. The zero-order valence-electron chi connectivity index (χ0n) is 32.5. The van der Waals surface area contributed by atoms with E-state index in [2.05, 4.69) is 70.5 Å². The van der Waals surface area contributed by atoms with E-state index in [1.165, 1.54) is 7.11 Å². The van der Waals surface area contributed by atoms with Crippen LogP contribution in [0.15, 0.2) is 48.7 Å². The number of amides is 3. The number of benzene rings is 3. The number of H-pyrrole nitrogens is 2. The standard InChI is InChI=1S/C42H51N7O6/c1-7-10-38(50)48(24(4)8-2)21-37-43-19-34(44-37)27-11-13-29-28(16-27)23-55-36-18-30-26(17-31(29)36)12-14-33-39(30)47-40(45-33)35-15-25(22-53-5)20-49(35)41(51)32(9-3)46-42(52)54-6/h11-14,16-19,24-25,32,35H,7-10,15,20-23H2,1-6H3,(H,43,44)(H,45,47)(H,46,52)/t24-,25-,32-,35-/m0/s1. The first-order valence-corrected chi connectivity index (χ1v) is 19.4. The van der Waals surface area contributed by atoms with Crippen molar-refractivity contribution in [2.45, 2.75) is 91.1 Å². The van der Waals surface area contributed by atoms with Crippen LogP contribution in [0, 0.1) is 5.92 Å². The van der Waals surface area contributed by atoms with Crippen molar-refractivity contribution in [3.8, 4) is 28.1 Å². The molecule has 55 heavy (non-hydrogen) atoms. The van der Waals surface area contributed by atoms with Crippen molar-refractivity contribution in [1.29, 1.82) is 0 Å². The number of nitrogens with one attached hydrogen (secondary N) is 3. The van der Waals surface area contributed by atoms with Gasteiger partial charge >= 0.3 is 6.09 Å². The smallest absolute Gasteiger partial charge is 0.407 e. The highest BCUT2D eigenvalue weighted by Crippen LogP contribution is 2.43. The summed E-state index contributed by atoms with van der Waals surface area (Å²) in [5.41, 5.74) is 6.78. The Kier molecular flexibility index (Phi) is 11.1. The van der Waals surface area contributed by atoms with Gasteiger partial charge in [-0.1, -0.05) is 39.0 Å². The molecule has 13 heteroatoms. The highest BCUT2D eigenvalue weighted by Gasteiger charge is 2.40. The molecule has 0 aliphatic carbocycles. The largest absolute Gasteiger partial charge is 0.488 e. The fourth-order valence-corrected chi connectivity index (χ4v) is 7.98. The predicted octanol–water partition coefficient (Wildman–Crippen LogP) is 7.26. The molecule has 0 spiro atoms. The van der Waals surface area contributed by atoms with Crippen molar-refractivity contribution in [1.82, 2.24) is 35.1 Å². The van der Waals surface area contributed by atoms with Gasteiger partial charge in [0.05, 0.1) is 49.2 Å². The molecule has 5 aromatic rings. The zero-order valence-corrected chi connectivity index (χ0v) is 32.5. The second kappa shape index (κ2) is 16.1. The second-order valence-electron chi connectivity index (χ2n) is 14.7. The Morgan fingerprint density at radius 1 is 1.05 bits per heavy atom. The van der Waals surface area contributed by atoms with E-state index >= 15 is 0 Å². The van der Waals surface area contributed by atoms with E-state index in [4.69, 9.17) is 19.2 Å². The van der Waals surface area contributed by atoms with E-state index in [-0.39, 0.29) is 29.8 Å². The summed E-state index contributed by atoms with van der Waals surface area (Å²) in [6.45, 7) is 9.94. The number of carbonyl (C=O) groups excluding carboxylic acids is 3. The average molecular weight is 750 g/mol. The van der Waals surface area contributed by atoms with E-state index < -0.39 is 12.1 Å². The van der Waals surface area contributed by atoms with Gasteiger partial charge in [-0.05, 0) is 78.9 Å². The summed E-state index contributed by atoms with van der Waals surface area (Å²) in [7, 11) is 2.95. The molecule has 4 heterocycles. The number of ether oxygens (including phenoxy) is 3. The molecule has 0 unspecified atom stereocenters. The lowest BCUT2D eigenvalue weighted by atomic mass is 9.92. The molecular formula is C42H51N7O6. The van der Waals surface area contributed by atoms with Crippen LogP contribution in [0.1, 0.15) is 83.1 Å². The first kappa shape index (κ1) is 37.9. The molecular weight excluding hydrogens is 699 g/mol. The lowest BCUT2D eigenvalue weighted by Crippen LogP contribution is -2.48. The van der Waals surface area contributed by atoms with E-state index in [0.29, 0.717) is 51.4 Å². The quantitative estimate of drug-likeness (QED) is 0.114. The molecule has 2 aliphatic heterocycles. The minimum Gasteiger partial charge on any atom is -0.488 e. The number of aromatic amines is 2. The minimum absolute atomic E-state index is 0.122. The molecule has 0 radical (unpaired) electrons. The molecule has 1 saturated heterocycles. The number of aromatic nitrogens is 4. The fourth-order valence-electron chi connectivity index (χ4n) is 7.98. The summed E-state index contributed by atoms with van der Waals surface area (Å²) in [6, 6.07) is 13.8. The van der Waals surface area contributed by atoms with Crippen LogP contribution < -0.4 is 10.1 Å². The molecule has 0 saturated carbocycles. The summed E-state index contributed by atoms with van der Waals surface area (Å²) in [5, 5.41) is 4.70. The van der Waals surface area contributed by atoms with Crippen LogP contribution in [-0.2, 0) is 32.2 Å². The van der Waals surface area contributed by atoms with Gasteiger partial charge in [-0.25, -0.2) is 14.8 Å². The van der Waals surface area contributed by atoms with Crippen molar-refractivity contribution in [3.05, 3.63) is 65.9 Å². The van der Waals surface area contributed by atoms with Crippen molar-refractivity contribution in [3.63, 3.8) is 0 Å². The lowest BCUT2D eigenvalue weighted by molar-refractivity contribution is -0.135. The van der Waals surface area contributed by atoms with Gasteiger partial charge in [-0.3, -0.25) is 9.59 Å². The molecule has 2 aliphatic rings. The van der Waals surface area contributed by atoms with Crippen LogP contribution in [0.3, 0.4) is 0 Å². The van der Waals surface area contributed by atoms with Crippen molar-refractivity contribution < 1.29 is 28.6 Å². The Labute approximate surface area is 321 Å². The lowest BCUT2D eigenvalue weighted by Gasteiger charge is -2.27. The van der Waals surface area contributed by atoms with Crippen LogP contribution in [0.25, 0.3) is 44.2 Å². The predicted molar refractivity (Wildman–Crippen MR) is 210 cm³/mol. The highest BCUT2D eigenvalue weighted by atomic mass is 16.5. The molecule has 2 aromatic heterocycles. The van der Waals surface area contributed by atoms with E-state index in [0.717, 1.165) is 74.2 Å². The Balaban J connectivity index is 1.16. The fraction of sp³-hybridized carbons (Fsp3) is 0.452. The Morgan fingerprint density at radius 2 is 1.89 bits per heavy atom. The summed E-state index contributed by atoms with van der Waals surface area (Å²) >= 11 is 0. The Hall–Kier alpha value is -5.43.